The second kappa shape index (κ2) is 10.1. The van der Waals surface area contributed by atoms with E-state index in [1.54, 1.807) is 0 Å². The van der Waals surface area contributed by atoms with E-state index >= 15 is 0 Å². The highest BCUT2D eigenvalue weighted by Gasteiger charge is 2.30. The van der Waals surface area contributed by atoms with E-state index in [0.717, 1.165) is 12.8 Å². The van der Waals surface area contributed by atoms with Crippen LogP contribution in [0.2, 0.25) is 0 Å². The van der Waals surface area contributed by atoms with Crippen molar-refractivity contribution in [3.63, 3.8) is 0 Å². The van der Waals surface area contributed by atoms with Gasteiger partial charge in [0.1, 0.15) is 5.60 Å². The fraction of sp³-hybridized carbons (Fsp3) is 0.867. The average Bonchev–Trinajstić information content (AvgIpc) is 2.31. The molecule has 7 heteroatoms. The zero-order valence-corrected chi connectivity index (χ0v) is 17.3. The van der Waals surface area contributed by atoms with Gasteiger partial charge in [0.15, 0.2) is 5.96 Å². The van der Waals surface area contributed by atoms with E-state index in [1.807, 2.05) is 48.5 Å². The molecule has 0 bridgehead atoms. The molecule has 1 amide bonds. The minimum absolute atomic E-state index is 0. The van der Waals surface area contributed by atoms with Crippen LogP contribution in [0.3, 0.4) is 0 Å². The molecule has 0 unspecified atom stereocenters. The van der Waals surface area contributed by atoms with Crippen molar-refractivity contribution in [3.05, 3.63) is 0 Å². The van der Waals surface area contributed by atoms with Crippen LogP contribution in [0.25, 0.3) is 0 Å². The summed E-state index contributed by atoms with van der Waals surface area (Å²) in [5.41, 5.74) is 4.86. The molecule has 0 fully saturated rings. The normalized spacial score (nSPS) is 12.6. The van der Waals surface area contributed by atoms with Crippen LogP contribution >= 0.6 is 24.0 Å². The van der Waals surface area contributed by atoms with Crippen molar-refractivity contribution in [2.24, 2.45) is 10.7 Å². The van der Waals surface area contributed by atoms with Crippen LogP contribution in [0.15, 0.2) is 4.99 Å². The van der Waals surface area contributed by atoms with Crippen LogP contribution < -0.4 is 16.4 Å². The number of halogens is 1. The minimum Gasteiger partial charge on any atom is -0.444 e. The fourth-order valence-corrected chi connectivity index (χ4v) is 1.79. The van der Waals surface area contributed by atoms with Crippen LogP contribution in [-0.2, 0) is 4.74 Å². The highest BCUT2D eigenvalue weighted by Crippen LogP contribution is 2.17. The SMILES string of the molecule is CCC(CC)(CN=C(N)NC(C)C)NC(=O)OC(C)(C)C.I. The van der Waals surface area contributed by atoms with Crippen molar-refractivity contribution in [1.29, 1.82) is 0 Å². The Morgan fingerprint density at radius 3 is 2.09 bits per heavy atom. The molecule has 0 aromatic heterocycles. The van der Waals surface area contributed by atoms with Crippen molar-refractivity contribution in [2.75, 3.05) is 6.54 Å². The zero-order valence-electron chi connectivity index (χ0n) is 14.9. The Bertz CT molecular complexity index is 361. The number of ether oxygens (including phenoxy) is 1. The van der Waals surface area contributed by atoms with Gasteiger partial charge in [0.25, 0.3) is 0 Å². The highest BCUT2D eigenvalue weighted by molar-refractivity contribution is 14.0. The van der Waals surface area contributed by atoms with E-state index in [2.05, 4.69) is 15.6 Å². The first-order valence-corrected chi connectivity index (χ1v) is 7.61. The summed E-state index contributed by atoms with van der Waals surface area (Å²) < 4.78 is 5.32. The molecule has 132 valence electrons. The number of carbonyl (C=O) groups is 1. The number of hydrogen-bond donors (Lipinski definition) is 3. The Hall–Kier alpha value is -0.730. The first-order chi connectivity index (χ1) is 9.53. The van der Waals surface area contributed by atoms with Gasteiger partial charge in [-0.05, 0) is 47.5 Å². The van der Waals surface area contributed by atoms with Gasteiger partial charge in [-0.1, -0.05) is 13.8 Å². The third kappa shape index (κ3) is 10.1. The molecular formula is C15H33IN4O2. The van der Waals surface area contributed by atoms with Gasteiger partial charge < -0.3 is 21.1 Å². The summed E-state index contributed by atoms with van der Waals surface area (Å²) in [6.07, 6.45) is 1.08. The van der Waals surface area contributed by atoms with E-state index < -0.39 is 17.2 Å². The molecule has 0 radical (unpaired) electrons. The number of nitrogens with one attached hydrogen (secondary N) is 2. The molecule has 0 saturated heterocycles. The molecule has 22 heavy (non-hydrogen) atoms. The van der Waals surface area contributed by atoms with Crippen molar-refractivity contribution in [3.8, 4) is 0 Å². The summed E-state index contributed by atoms with van der Waals surface area (Å²) in [6, 6.07) is 0.227. The van der Waals surface area contributed by atoms with Crippen molar-refractivity contribution in [2.45, 2.75) is 78.5 Å². The first kappa shape index (κ1) is 23.5. The first-order valence-electron chi connectivity index (χ1n) is 7.61. The number of nitrogens with two attached hydrogens (primary N) is 1. The van der Waals surface area contributed by atoms with Gasteiger partial charge in [0.2, 0.25) is 0 Å². The number of hydrogen-bond acceptors (Lipinski definition) is 3. The number of aliphatic imine (C=N–C) groups is 1. The lowest BCUT2D eigenvalue weighted by atomic mass is 9.93. The Balaban J connectivity index is 0. The van der Waals surface area contributed by atoms with Gasteiger partial charge in [0.05, 0.1) is 12.1 Å². The number of nitrogens with zero attached hydrogens (tertiary/aromatic N) is 1. The Kier molecular flexibility index (Phi) is 10.8. The maximum absolute atomic E-state index is 12.0. The van der Waals surface area contributed by atoms with E-state index in [4.69, 9.17) is 10.5 Å². The zero-order chi connectivity index (χ0) is 16.7. The lowest BCUT2D eigenvalue weighted by molar-refractivity contribution is 0.0452. The van der Waals surface area contributed by atoms with Gasteiger partial charge in [-0.2, -0.15) is 0 Å². The van der Waals surface area contributed by atoms with Crippen LogP contribution in [0.5, 0.6) is 0 Å². The van der Waals surface area contributed by atoms with Crippen molar-refractivity contribution >= 4 is 36.0 Å². The summed E-state index contributed by atoms with van der Waals surface area (Å²) in [7, 11) is 0. The molecule has 0 aliphatic heterocycles. The monoisotopic (exact) mass is 428 g/mol. The van der Waals surface area contributed by atoms with E-state index in [1.165, 1.54) is 0 Å². The van der Waals surface area contributed by atoms with Crippen LogP contribution in [0.1, 0.15) is 61.3 Å². The lowest BCUT2D eigenvalue weighted by Gasteiger charge is -2.32. The largest absolute Gasteiger partial charge is 0.444 e. The Morgan fingerprint density at radius 2 is 1.73 bits per heavy atom. The predicted octanol–water partition coefficient (Wildman–Crippen LogP) is 3.00. The van der Waals surface area contributed by atoms with Crippen LogP contribution in [0, 0.1) is 0 Å². The average molecular weight is 428 g/mol. The summed E-state index contributed by atoms with van der Waals surface area (Å²) in [5.74, 6) is 0.391. The predicted molar refractivity (Wildman–Crippen MR) is 103 cm³/mol. The minimum atomic E-state index is -0.515. The summed E-state index contributed by atoms with van der Waals surface area (Å²) in [6.45, 7) is 14.0. The van der Waals surface area contributed by atoms with Crippen molar-refractivity contribution < 1.29 is 9.53 Å². The molecule has 0 atom stereocenters. The van der Waals surface area contributed by atoms with Crippen molar-refractivity contribution in [1.82, 2.24) is 10.6 Å². The van der Waals surface area contributed by atoms with Gasteiger partial charge in [0, 0.05) is 6.04 Å². The van der Waals surface area contributed by atoms with E-state index in [0.29, 0.717) is 12.5 Å². The molecule has 6 nitrogen and oxygen atoms in total. The van der Waals surface area contributed by atoms with Crippen LogP contribution in [-0.4, -0.2) is 35.8 Å². The summed E-state index contributed by atoms with van der Waals surface area (Å²) in [5, 5.41) is 5.98. The summed E-state index contributed by atoms with van der Waals surface area (Å²) >= 11 is 0. The standard InChI is InChI=1S/C15H32N4O2.HI/c1-8-15(9-2,10-17-12(16)18-11(3)4)19-13(20)21-14(5,6)7;/h11H,8-10H2,1-7H3,(H,19,20)(H3,16,17,18);1H. The second-order valence-corrected chi connectivity index (χ2v) is 6.61. The molecule has 0 saturated carbocycles. The third-order valence-electron chi connectivity index (χ3n) is 3.11. The molecule has 0 rings (SSSR count). The maximum atomic E-state index is 12.0. The lowest BCUT2D eigenvalue weighted by Crippen LogP contribution is -2.52. The smallest absolute Gasteiger partial charge is 0.408 e. The van der Waals surface area contributed by atoms with E-state index in [9.17, 15) is 4.79 Å². The van der Waals surface area contributed by atoms with Gasteiger partial charge >= 0.3 is 6.09 Å². The van der Waals surface area contributed by atoms with E-state index in [-0.39, 0.29) is 30.0 Å². The third-order valence-corrected chi connectivity index (χ3v) is 3.11. The Labute approximate surface area is 152 Å². The molecule has 0 aliphatic rings. The Morgan fingerprint density at radius 1 is 1.23 bits per heavy atom. The molecule has 0 spiro atoms. The van der Waals surface area contributed by atoms with Gasteiger partial charge in [-0.25, -0.2) is 4.79 Å². The maximum Gasteiger partial charge on any atom is 0.408 e. The molecular weight excluding hydrogens is 395 g/mol. The number of guanidine groups is 1. The topological polar surface area (TPSA) is 88.7 Å². The van der Waals surface area contributed by atoms with Crippen LogP contribution in [0.4, 0.5) is 4.79 Å². The fourth-order valence-electron chi connectivity index (χ4n) is 1.79. The summed E-state index contributed by atoms with van der Waals surface area (Å²) in [4.78, 5) is 16.3. The van der Waals surface area contributed by atoms with Gasteiger partial charge in [-0.3, -0.25) is 4.99 Å². The molecule has 0 aromatic rings. The quantitative estimate of drug-likeness (QED) is 0.345. The second-order valence-electron chi connectivity index (χ2n) is 6.61. The molecule has 0 aromatic carbocycles. The number of rotatable bonds is 6. The number of amides is 1. The number of alkyl carbamates (subject to hydrolysis) is 1. The molecule has 0 aliphatic carbocycles. The highest BCUT2D eigenvalue weighted by atomic mass is 127. The number of carbonyl (C=O) groups excluding carboxylic acids is 1. The molecule has 0 heterocycles. The van der Waals surface area contributed by atoms with Gasteiger partial charge in [-0.15, -0.1) is 24.0 Å². The molecule has 4 N–H and O–H groups in total.